The molecule has 0 unspecified atom stereocenters. The number of hydrogen-bond acceptors (Lipinski definition) is 3. The van der Waals surface area contributed by atoms with E-state index in [-0.39, 0.29) is 0 Å². The quantitative estimate of drug-likeness (QED) is 0.826. The summed E-state index contributed by atoms with van der Waals surface area (Å²) in [6.45, 7) is 4.68. The molecule has 3 nitrogen and oxygen atoms in total. The van der Waals surface area contributed by atoms with E-state index in [9.17, 15) is 0 Å². The van der Waals surface area contributed by atoms with E-state index in [4.69, 9.17) is 21.8 Å². The van der Waals surface area contributed by atoms with Gasteiger partial charge in [-0.15, -0.1) is 0 Å². The molecule has 2 rings (SSSR count). The molecule has 3 N–H and O–H groups in total. The van der Waals surface area contributed by atoms with E-state index in [1.165, 1.54) is 0 Å². The lowest BCUT2D eigenvalue weighted by Crippen LogP contribution is -2.06. The standard InChI is InChI=1S/C14H17ClN2O/c1-9-7-14(13(16)8-12(9)15)17-6-5-11-4-3-10(2)18-11/h3-4,7-8,17H,5-6,16H2,1-2H3. The minimum absolute atomic E-state index is 0.668. The summed E-state index contributed by atoms with van der Waals surface area (Å²) in [7, 11) is 0. The minimum atomic E-state index is 0.668. The van der Waals surface area contributed by atoms with Gasteiger partial charge in [0.05, 0.1) is 11.4 Å². The van der Waals surface area contributed by atoms with Gasteiger partial charge in [-0.1, -0.05) is 11.6 Å². The molecule has 0 saturated carbocycles. The Hall–Kier alpha value is -1.61. The molecule has 1 heterocycles. The number of benzene rings is 1. The first-order chi connectivity index (χ1) is 8.56. The Labute approximate surface area is 112 Å². The number of halogens is 1. The molecule has 96 valence electrons. The number of nitrogens with two attached hydrogens (primary N) is 1. The van der Waals surface area contributed by atoms with E-state index >= 15 is 0 Å². The molecule has 1 aromatic heterocycles. The van der Waals surface area contributed by atoms with Gasteiger partial charge in [-0.3, -0.25) is 0 Å². The molecule has 0 atom stereocenters. The van der Waals surface area contributed by atoms with Crippen LogP contribution in [0.15, 0.2) is 28.7 Å². The second kappa shape index (κ2) is 5.36. The molecular formula is C14H17ClN2O. The van der Waals surface area contributed by atoms with Gasteiger partial charge in [0.2, 0.25) is 0 Å². The lowest BCUT2D eigenvalue weighted by atomic mass is 10.2. The summed E-state index contributed by atoms with van der Waals surface area (Å²) < 4.78 is 5.50. The van der Waals surface area contributed by atoms with E-state index < -0.39 is 0 Å². The Bertz CT molecular complexity index is 549. The number of nitrogen functional groups attached to an aromatic ring is 1. The van der Waals surface area contributed by atoms with Crippen LogP contribution in [0.3, 0.4) is 0 Å². The van der Waals surface area contributed by atoms with Gasteiger partial charge in [0, 0.05) is 18.0 Å². The fourth-order valence-corrected chi connectivity index (χ4v) is 1.96. The molecule has 0 fully saturated rings. The first kappa shape index (κ1) is 12.8. The van der Waals surface area contributed by atoms with E-state index in [0.717, 1.165) is 35.7 Å². The summed E-state index contributed by atoms with van der Waals surface area (Å²) in [6.07, 6.45) is 0.828. The van der Waals surface area contributed by atoms with Crippen molar-refractivity contribution in [2.75, 3.05) is 17.6 Å². The highest BCUT2D eigenvalue weighted by atomic mass is 35.5. The highest BCUT2D eigenvalue weighted by molar-refractivity contribution is 6.31. The van der Waals surface area contributed by atoms with E-state index in [1.54, 1.807) is 6.07 Å². The number of rotatable bonds is 4. The molecule has 0 aliphatic carbocycles. The second-order valence-corrected chi connectivity index (χ2v) is 4.78. The van der Waals surface area contributed by atoms with Crippen LogP contribution in [0.5, 0.6) is 0 Å². The van der Waals surface area contributed by atoms with E-state index in [1.807, 2.05) is 32.0 Å². The molecule has 0 saturated heterocycles. The van der Waals surface area contributed by atoms with Gasteiger partial charge in [-0.25, -0.2) is 0 Å². The molecule has 0 aliphatic rings. The first-order valence-electron chi connectivity index (χ1n) is 5.91. The number of nitrogens with one attached hydrogen (secondary N) is 1. The van der Waals surface area contributed by atoms with Gasteiger partial charge in [0.15, 0.2) is 0 Å². The first-order valence-corrected chi connectivity index (χ1v) is 6.29. The van der Waals surface area contributed by atoms with Crippen molar-refractivity contribution in [3.05, 3.63) is 46.4 Å². The molecular weight excluding hydrogens is 248 g/mol. The molecule has 0 bridgehead atoms. The average molecular weight is 265 g/mol. The Morgan fingerprint density at radius 2 is 2.06 bits per heavy atom. The molecule has 4 heteroatoms. The van der Waals surface area contributed by atoms with Crippen LogP contribution in [-0.2, 0) is 6.42 Å². The van der Waals surface area contributed by atoms with Crippen LogP contribution < -0.4 is 11.1 Å². The zero-order valence-corrected chi connectivity index (χ0v) is 11.3. The molecule has 18 heavy (non-hydrogen) atoms. The van der Waals surface area contributed by atoms with Crippen molar-refractivity contribution in [2.24, 2.45) is 0 Å². The van der Waals surface area contributed by atoms with Crippen LogP contribution in [0.25, 0.3) is 0 Å². The van der Waals surface area contributed by atoms with E-state index in [0.29, 0.717) is 10.7 Å². The summed E-state index contributed by atoms with van der Waals surface area (Å²) in [4.78, 5) is 0. The maximum atomic E-state index is 6.00. The maximum absolute atomic E-state index is 6.00. The smallest absolute Gasteiger partial charge is 0.105 e. The van der Waals surface area contributed by atoms with Crippen molar-refractivity contribution in [3.63, 3.8) is 0 Å². The highest BCUT2D eigenvalue weighted by Crippen LogP contribution is 2.26. The van der Waals surface area contributed by atoms with Crippen molar-refractivity contribution < 1.29 is 4.42 Å². The number of furan rings is 1. The fraction of sp³-hybridized carbons (Fsp3) is 0.286. The van der Waals surface area contributed by atoms with Gasteiger partial charge in [-0.2, -0.15) is 0 Å². The van der Waals surface area contributed by atoms with Crippen molar-refractivity contribution in [1.29, 1.82) is 0 Å². The zero-order valence-electron chi connectivity index (χ0n) is 10.6. The summed E-state index contributed by atoms with van der Waals surface area (Å²) in [5, 5.41) is 3.99. The summed E-state index contributed by atoms with van der Waals surface area (Å²) in [6, 6.07) is 7.70. The SMILES string of the molecule is Cc1ccc(CCNc2cc(C)c(Cl)cc2N)o1. The highest BCUT2D eigenvalue weighted by Gasteiger charge is 2.04. The average Bonchev–Trinajstić information content (AvgIpc) is 2.71. The molecule has 0 aliphatic heterocycles. The van der Waals surface area contributed by atoms with Crippen LogP contribution in [0.2, 0.25) is 5.02 Å². The van der Waals surface area contributed by atoms with Gasteiger partial charge < -0.3 is 15.5 Å². The summed E-state index contributed by atoms with van der Waals surface area (Å²) in [5.41, 5.74) is 8.50. The third kappa shape index (κ3) is 2.99. The van der Waals surface area contributed by atoms with Crippen molar-refractivity contribution >= 4 is 23.0 Å². The number of aryl methyl sites for hydroxylation is 2. The van der Waals surface area contributed by atoms with Crippen LogP contribution >= 0.6 is 11.6 Å². The van der Waals surface area contributed by atoms with Gasteiger partial charge >= 0.3 is 0 Å². The third-order valence-electron chi connectivity index (χ3n) is 2.81. The van der Waals surface area contributed by atoms with Crippen molar-refractivity contribution in [2.45, 2.75) is 20.3 Å². The third-order valence-corrected chi connectivity index (χ3v) is 3.22. The lowest BCUT2D eigenvalue weighted by molar-refractivity contribution is 0.486. The van der Waals surface area contributed by atoms with Crippen molar-refractivity contribution in [1.82, 2.24) is 0 Å². The second-order valence-electron chi connectivity index (χ2n) is 4.38. The zero-order chi connectivity index (χ0) is 13.1. The summed E-state index contributed by atoms with van der Waals surface area (Å²) >= 11 is 6.00. The molecule has 2 aromatic rings. The lowest BCUT2D eigenvalue weighted by Gasteiger charge is -2.10. The predicted molar refractivity (Wildman–Crippen MR) is 76.2 cm³/mol. The minimum Gasteiger partial charge on any atom is -0.466 e. The Kier molecular flexibility index (Phi) is 3.82. The number of hydrogen-bond donors (Lipinski definition) is 2. The molecule has 0 radical (unpaired) electrons. The Morgan fingerprint density at radius 1 is 1.28 bits per heavy atom. The fourth-order valence-electron chi connectivity index (χ4n) is 1.79. The van der Waals surface area contributed by atoms with Crippen LogP contribution in [0.4, 0.5) is 11.4 Å². The summed E-state index contributed by atoms with van der Waals surface area (Å²) in [5.74, 6) is 1.91. The van der Waals surface area contributed by atoms with Gasteiger partial charge in [-0.05, 0) is 43.7 Å². The maximum Gasteiger partial charge on any atom is 0.105 e. The van der Waals surface area contributed by atoms with Gasteiger partial charge in [0.25, 0.3) is 0 Å². The van der Waals surface area contributed by atoms with Crippen LogP contribution in [0, 0.1) is 13.8 Å². The Balaban J connectivity index is 1.96. The van der Waals surface area contributed by atoms with Gasteiger partial charge in [0.1, 0.15) is 11.5 Å². The van der Waals surface area contributed by atoms with Crippen LogP contribution in [0.1, 0.15) is 17.1 Å². The number of anilines is 2. The topological polar surface area (TPSA) is 51.2 Å². The molecule has 0 spiro atoms. The molecule has 1 aromatic carbocycles. The largest absolute Gasteiger partial charge is 0.466 e. The normalized spacial score (nSPS) is 10.6. The van der Waals surface area contributed by atoms with E-state index in [2.05, 4.69) is 5.32 Å². The predicted octanol–water partition coefficient (Wildman–Crippen LogP) is 3.79. The monoisotopic (exact) mass is 264 g/mol. The van der Waals surface area contributed by atoms with Crippen molar-refractivity contribution in [3.8, 4) is 0 Å². The molecule has 0 amide bonds. The van der Waals surface area contributed by atoms with Crippen LogP contribution in [-0.4, -0.2) is 6.54 Å². The Morgan fingerprint density at radius 3 is 2.72 bits per heavy atom.